The average molecular weight is 197 g/mol. The van der Waals surface area contributed by atoms with Gasteiger partial charge in [-0.05, 0) is 52.2 Å². The summed E-state index contributed by atoms with van der Waals surface area (Å²) in [7, 11) is 2.21. The van der Waals surface area contributed by atoms with Crippen LogP contribution in [0.15, 0.2) is 0 Å². The van der Waals surface area contributed by atoms with Crippen molar-refractivity contribution in [2.24, 2.45) is 5.73 Å². The molecule has 3 heteroatoms. The van der Waals surface area contributed by atoms with Gasteiger partial charge in [-0.3, -0.25) is 0 Å². The summed E-state index contributed by atoms with van der Waals surface area (Å²) in [5.41, 5.74) is 6.20. The molecule has 3 nitrogen and oxygen atoms in total. The smallest absolute Gasteiger partial charge is 0.0319 e. The topological polar surface area (TPSA) is 41.3 Å². The van der Waals surface area contributed by atoms with Gasteiger partial charge in [0.15, 0.2) is 0 Å². The van der Waals surface area contributed by atoms with E-state index in [0.717, 1.165) is 12.6 Å². The normalized spacial score (nSPS) is 35.6. The summed E-state index contributed by atoms with van der Waals surface area (Å²) in [6, 6.07) is 0.780. The Kier molecular flexibility index (Phi) is 3.10. The number of rotatable bonds is 3. The predicted molar refractivity (Wildman–Crippen MR) is 59.3 cm³/mol. The van der Waals surface area contributed by atoms with E-state index < -0.39 is 0 Å². The van der Waals surface area contributed by atoms with E-state index in [1.807, 2.05) is 0 Å². The van der Waals surface area contributed by atoms with Gasteiger partial charge < -0.3 is 16.0 Å². The lowest BCUT2D eigenvalue weighted by Crippen LogP contribution is -2.52. The quantitative estimate of drug-likeness (QED) is 0.694. The van der Waals surface area contributed by atoms with Crippen LogP contribution in [0.25, 0.3) is 0 Å². The molecule has 2 rings (SSSR count). The van der Waals surface area contributed by atoms with Crippen molar-refractivity contribution in [3.8, 4) is 0 Å². The Morgan fingerprint density at radius 3 is 2.79 bits per heavy atom. The van der Waals surface area contributed by atoms with E-state index in [4.69, 9.17) is 5.73 Å². The molecular weight excluding hydrogens is 174 g/mol. The first kappa shape index (κ1) is 10.4. The molecule has 82 valence electrons. The summed E-state index contributed by atoms with van der Waals surface area (Å²) < 4.78 is 0. The molecule has 0 amide bonds. The molecule has 1 saturated carbocycles. The van der Waals surface area contributed by atoms with Crippen molar-refractivity contribution >= 4 is 0 Å². The maximum atomic E-state index is 5.95. The Balaban J connectivity index is 1.94. The number of hydrogen-bond acceptors (Lipinski definition) is 3. The second-order valence-corrected chi connectivity index (χ2v) is 5.06. The van der Waals surface area contributed by atoms with Gasteiger partial charge in [0, 0.05) is 18.1 Å². The molecule has 0 bridgehead atoms. The summed E-state index contributed by atoms with van der Waals surface area (Å²) >= 11 is 0. The highest BCUT2D eigenvalue weighted by Crippen LogP contribution is 2.28. The van der Waals surface area contributed by atoms with E-state index in [9.17, 15) is 0 Å². The van der Waals surface area contributed by atoms with Gasteiger partial charge in [0.25, 0.3) is 0 Å². The number of likely N-dealkylation sites (tertiary alicyclic amines) is 1. The lowest BCUT2D eigenvalue weighted by atomic mass is 9.90. The van der Waals surface area contributed by atoms with Gasteiger partial charge in [0.1, 0.15) is 0 Å². The zero-order chi connectivity index (χ0) is 10.0. The molecule has 1 saturated heterocycles. The molecular formula is C11H23N3. The number of nitrogens with zero attached hydrogens (tertiary/aromatic N) is 1. The highest BCUT2D eigenvalue weighted by atomic mass is 15.1. The van der Waals surface area contributed by atoms with E-state index in [0.29, 0.717) is 0 Å². The van der Waals surface area contributed by atoms with Gasteiger partial charge in [-0.25, -0.2) is 0 Å². The number of nitrogens with one attached hydrogen (secondary N) is 1. The van der Waals surface area contributed by atoms with Crippen LogP contribution in [0.4, 0.5) is 0 Å². The molecule has 1 heterocycles. The average Bonchev–Trinajstić information content (AvgIpc) is 2.98. The van der Waals surface area contributed by atoms with Gasteiger partial charge in [-0.2, -0.15) is 0 Å². The van der Waals surface area contributed by atoms with Crippen LogP contribution < -0.4 is 11.1 Å². The minimum atomic E-state index is 0.256. The Labute approximate surface area is 87.0 Å². The summed E-state index contributed by atoms with van der Waals surface area (Å²) in [6.07, 6.45) is 6.48. The van der Waals surface area contributed by atoms with Crippen molar-refractivity contribution < 1.29 is 0 Å². The summed E-state index contributed by atoms with van der Waals surface area (Å²) in [6.45, 7) is 3.22. The molecule has 0 aromatic carbocycles. The molecule has 14 heavy (non-hydrogen) atoms. The number of nitrogens with two attached hydrogens (primary N) is 1. The molecule has 1 aliphatic heterocycles. The first-order valence-corrected chi connectivity index (χ1v) is 5.90. The van der Waals surface area contributed by atoms with E-state index >= 15 is 0 Å². The van der Waals surface area contributed by atoms with Crippen LogP contribution in [0, 0.1) is 0 Å². The van der Waals surface area contributed by atoms with Crippen LogP contribution in [0.2, 0.25) is 0 Å². The highest BCUT2D eigenvalue weighted by Gasteiger charge is 2.35. The Hall–Kier alpha value is -0.120. The Morgan fingerprint density at radius 1 is 1.36 bits per heavy atom. The van der Waals surface area contributed by atoms with Gasteiger partial charge in [0.2, 0.25) is 0 Å². The monoisotopic (exact) mass is 197 g/mol. The van der Waals surface area contributed by atoms with Gasteiger partial charge in [-0.1, -0.05) is 0 Å². The van der Waals surface area contributed by atoms with Crippen molar-refractivity contribution in [2.75, 3.05) is 26.7 Å². The molecule has 0 radical (unpaired) electrons. The SMILES string of the molecule is CN1CCCC(CN)(NC2CC2)CC1. The second kappa shape index (κ2) is 4.17. The van der Waals surface area contributed by atoms with Crippen LogP contribution in [0.3, 0.4) is 0 Å². The Morgan fingerprint density at radius 2 is 2.14 bits per heavy atom. The minimum absolute atomic E-state index is 0.256. The second-order valence-electron chi connectivity index (χ2n) is 5.06. The molecule has 2 fully saturated rings. The molecule has 1 atom stereocenters. The zero-order valence-electron chi connectivity index (χ0n) is 9.26. The van der Waals surface area contributed by atoms with Gasteiger partial charge in [0.05, 0.1) is 0 Å². The van der Waals surface area contributed by atoms with Crippen molar-refractivity contribution in [2.45, 2.75) is 43.7 Å². The summed E-state index contributed by atoms with van der Waals surface area (Å²) in [5, 5.41) is 3.76. The van der Waals surface area contributed by atoms with Crippen LogP contribution in [-0.4, -0.2) is 43.2 Å². The highest BCUT2D eigenvalue weighted by molar-refractivity contribution is 4.97. The van der Waals surface area contributed by atoms with Crippen molar-refractivity contribution in [3.63, 3.8) is 0 Å². The van der Waals surface area contributed by atoms with Crippen LogP contribution in [0.1, 0.15) is 32.1 Å². The molecule has 1 unspecified atom stereocenters. The molecule has 0 aromatic rings. The molecule has 0 spiro atoms. The van der Waals surface area contributed by atoms with Crippen LogP contribution in [-0.2, 0) is 0 Å². The van der Waals surface area contributed by atoms with Gasteiger partial charge >= 0.3 is 0 Å². The lowest BCUT2D eigenvalue weighted by molar-refractivity contribution is 0.280. The van der Waals surface area contributed by atoms with Crippen LogP contribution >= 0.6 is 0 Å². The van der Waals surface area contributed by atoms with Crippen molar-refractivity contribution in [1.29, 1.82) is 0 Å². The van der Waals surface area contributed by atoms with Gasteiger partial charge in [-0.15, -0.1) is 0 Å². The molecule has 0 aromatic heterocycles. The molecule has 1 aliphatic carbocycles. The van der Waals surface area contributed by atoms with E-state index in [-0.39, 0.29) is 5.54 Å². The van der Waals surface area contributed by atoms with Crippen molar-refractivity contribution in [1.82, 2.24) is 10.2 Å². The standard InChI is InChI=1S/C11H23N3/c1-14-7-2-5-11(9-12,6-8-14)13-10-3-4-10/h10,13H,2-9,12H2,1H3. The van der Waals surface area contributed by atoms with E-state index in [1.54, 1.807) is 0 Å². The number of hydrogen-bond donors (Lipinski definition) is 2. The fourth-order valence-electron chi connectivity index (χ4n) is 2.40. The minimum Gasteiger partial charge on any atom is -0.329 e. The Bertz CT molecular complexity index is 191. The zero-order valence-corrected chi connectivity index (χ0v) is 9.26. The first-order valence-electron chi connectivity index (χ1n) is 5.90. The van der Waals surface area contributed by atoms with E-state index in [1.165, 1.54) is 45.2 Å². The maximum Gasteiger partial charge on any atom is 0.0319 e. The molecule has 2 aliphatic rings. The van der Waals surface area contributed by atoms with Crippen LogP contribution in [0.5, 0.6) is 0 Å². The van der Waals surface area contributed by atoms with E-state index in [2.05, 4.69) is 17.3 Å². The van der Waals surface area contributed by atoms with Crippen molar-refractivity contribution in [3.05, 3.63) is 0 Å². The third kappa shape index (κ3) is 2.47. The fraction of sp³-hybridized carbons (Fsp3) is 1.00. The maximum absolute atomic E-state index is 5.95. The summed E-state index contributed by atoms with van der Waals surface area (Å²) in [4.78, 5) is 2.42. The third-order valence-electron chi connectivity index (χ3n) is 3.65. The fourth-order valence-corrected chi connectivity index (χ4v) is 2.40. The first-order chi connectivity index (χ1) is 6.74. The summed E-state index contributed by atoms with van der Waals surface area (Å²) in [5.74, 6) is 0. The third-order valence-corrected chi connectivity index (χ3v) is 3.65. The lowest BCUT2D eigenvalue weighted by Gasteiger charge is -2.33. The largest absolute Gasteiger partial charge is 0.329 e. The molecule has 3 N–H and O–H groups in total. The predicted octanol–water partition coefficient (Wildman–Crippen LogP) is 0.552.